The van der Waals surface area contributed by atoms with E-state index in [9.17, 15) is 0 Å². The van der Waals surface area contributed by atoms with Gasteiger partial charge in [0.1, 0.15) is 11.8 Å². The molecule has 0 atom stereocenters. The molecular formula is C14H13N3O. The largest absolute Gasteiger partial charge is 0.497 e. The van der Waals surface area contributed by atoms with E-state index in [-0.39, 0.29) is 0 Å². The van der Waals surface area contributed by atoms with Crippen molar-refractivity contribution in [1.29, 1.82) is 5.26 Å². The molecule has 0 radical (unpaired) electrons. The topological polar surface area (TPSA) is 57.9 Å². The van der Waals surface area contributed by atoms with Gasteiger partial charge in [0, 0.05) is 12.3 Å². The molecule has 1 N–H and O–H groups in total. The average Bonchev–Trinajstić information content (AvgIpc) is 2.45. The zero-order chi connectivity index (χ0) is 12.8. The standard InChI is InChI=1S/C14H13N3O/c1-18-13-6-5-11(9-15)14(8-13)17-10-12-4-2-3-7-16-12/h2-8,17H,10H2,1H3. The molecule has 0 saturated heterocycles. The Morgan fingerprint density at radius 3 is 2.89 bits per heavy atom. The Morgan fingerprint density at radius 1 is 1.33 bits per heavy atom. The first-order chi connectivity index (χ1) is 8.83. The lowest BCUT2D eigenvalue weighted by atomic mass is 10.2. The van der Waals surface area contributed by atoms with E-state index in [0.717, 1.165) is 17.1 Å². The zero-order valence-corrected chi connectivity index (χ0v) is 10.1. The monoisotopic (exact) mass is 239 g/mol. The van der Waals surface area contributed by atoms with Crippen molar-refractivity contribution in [2.45, 2.75) is 6.54 Å². The number of nitrogens with zero attached hydrogens (tertiary/aromatic N) is 2. The maximum atomic E-state index is 9.03. The van der Waals surface area contributed by atoms with Crippen LogP contribution in [0, 0.1) is 11.3 Å². The Kier molecular flexibility index (Phi) is 3.77. The summed E-state index contributed by atoms with van der Waals surface area (Å²) in [7, 11) is 1.60. The summed E-state index contributed by atoms with van der Waals surface area (Å²) in [6.07, 6.45) is 1.74. The minimum absolute atomic E-state index is 0.572. The molecule has 0 fully saturated rings. The van der Waals surface area contributed by atoms with Crippen molar-refractivity contribution >= 4 is 5.69 Å². The van der Waals surface area contributed by atoms with Crippen LogP contribution in [0.1, 0.15) is 11.3 Å². The van der Waals surface area contributed by atoms with Gasteiger partial charge >= 0.3 is 0 Å². The predicted octanol–water partition coefficient (Wildman–Crippen LogP) is 2.57. The minimum atomic E-state index is 0.572. The van der Waals surface area contributed by atoms with Gasteiger partial charge in [-0.15, -0.1) is 0 Å². The van der Waals surface area contributed by atoms with Gasteiger partial charge < -0.3 is 10.1 Å². The summed E-state index contributed by atoms with van der Waals surface area (Å²) >= 11 is 0. The molecule has 18 heavy (non-hydrogen) atoms. The van der Waals surface area contributed by atoms with Gasteiger partial charge in [0.05, 0.1) is 30.6 Å². The highest BCUT2D eigenvalue weighted by molar-refractivity contribution is 5.60. The molecule has 0 saturated carbocycles. The number of ether oxygens (including phenoxy) is 1. The summed E-state index contributed by atoms with van der Waals surface area (Å²) in [5.41, 5.74) is 2.26. The molecule has 1 aromatic carbocycles. The normalized spacial score (nSPS) is 9.56. The molecule has 0 aliphatic rings. The van der Waals surface area contributed by atoms with Gasteiger partial charge in [-0.05, 0) is 24.3 Å². The van der Waals surface area contributed by atoms with E-state index in [1.54, 1.807) is 25.4 Å². The molecule has 0 amide bonds. The van der Waals surface area contributed by atoms with Gasteiger partial charge in [-0.2, -0.15) is 5.26 Å². The first-order valence-electron chi connectivity index (χ1n) is 5.55. The van der Waals surface area contributed by atoms with E-state index in [1.165, 1.54) is 0 Å². The van der Waals surface area contributed by atoms with Crippen molar-refractivity contribution in [1.82, 2.24) is 4.98 Å². The second-order valence-electron chi connectivity index (χ2n) is 3.70. The quantitative estimate of drug-likeness (QED) is 0.890. The second kappa shape index (κ2) is 5.69. The molecule has 4 nitrogen and oxygen atoms in total. The van der Waals surface area contributed by atoms with E-state index in [1.807, 2.05) is 24.3 Å². The highest BCUT2D eigenvalue weighted by Gasteiger charge is 2.04. The Balaban J connectivity index is 2.15. The van der Waals surface area contributed by atoms with Crippen LogP contribution >= 0.6 is 0 Å². The average molecular weight is 239 g/mol. The molecule has 0 aliphatic heterocycles. The third kappa shape index (κ3) is 2.77. The van der Waals surface area contributed by atoms with Crippen LogP contribution in [0.25, 0.3) is 0 Å². The van der Waals surface area contributed by atoms with Gasteiger partial charge in [-0.1, -0.05) is 6.07 Å². The van der Waals surface area contributed by atoms with Crippen molar-refractivity contribution in [2.75, 3.05) is 12.4 Å². The highest BCUT2D eigenvalue weighted by Crippen LogP contribution is 2.22. The number of benzene rings is 1. The summed E-state index contributed by atoms with van der Waals surface area (Å²) in [4.78, 5) is 4.22. The van der Waals surface area contributed by atoms with Crippen LogP contribution in [0.2, 0.25) is 0 Å². The van der Waals surface area contributed by atoms with E-state index in [4.69, 9.17) is 10.00 Å². The molecule has 0 aliphatic carbocycles. The predicted molar refractivity (Wildman–Crippen MR) is 69.3 cm³/mol. The molecular weight excluding hydrogens is 226 g/mol. The smallest absolute Gasteiger partial charge is 0.121 e. The lowest BCUT2D eigenvalue weighted by molar-refractivity contribution is 0.415. The van der Waals surface area contributed by atoms with Gasteiger partial charge in [-0.25, -0.2) is 0 Å². The number of methoxy groups -OCH3 is 1. The maximum absolute atomic E-state index is 9.03. The van der Waals surface area contributed by atoms with Gasteiger partial charge in [0.15, 0.2) is 0 Å². The van der Waals surface area contributed by atoms with E-state index < -0.39 is 0 Å². The fraction of sp³-hybridized carbons (Fsp3) is 0.143. The maximum Gasteiger partial charge on any atom is 0.121 e. The second-order valence-corrected chi connectivity index (χ2v) is 3.70. The third-order valence-corrected chi connectivity index (χ3v) is 2.53. The minimum Gasteiger partial charge on any atom is -0.497 e. The van der Waals surface area contributed by atoms with Crippen LogP contribution in [0.4, 0.5) is 5.69 Å². The highest BCUT2D eigenvalue weighted by atomic mass is 16.5. The summed E-state index contributed by atoms with van der Waals surface area (Å²) < 4.78 is 5.14. The van der Waals surface area contributed by atoms with Gasteiger partial charge in [0.2, 0.25) is 0 Å². The summed E-state index contributed by atoms with van der Waals surface area (Å²) in [6, 6.07) is 13.2. The van der Waals surface area contributed by atoms with Crippen molar-refractivity contribution < 1.29 is 4.74 Å². The van der Waals surface area contributed by atoms with Crippen LogP contribution in [-0.4, -0.2) is 12.1 Å². The lowest BCUT2D eigenvalue weighted by Crippen LogP contribution is -2.03. The molecule has 0 bridgehead atoms. The molecule has 4 heteroatoms. The van der Waals surface area contributed by atoms with Gasteiger partial charge in [-0.3, -0.25) is 4.98 Å². The molecule has 1 aromatic heterocycles. The third-order valence-electron chi connectivity index (χ3n) is 2.53. The first kappa shape index (κ1) is 11.9. The molecule has 0 unspecified atom stereocenters. The Hall–Kier alpha value is -2.54. The van der Waals surface area contributed by atoms with Crippen molar-refractivity contribution in [3.63, 3.8) is 0 Å². The molecule has 2 aromatic rings. The van der Waals surface area contributed by atoms with Crippen LogP contribution in [0.5, 0.6) is 5.75 Å². The Bertz CT molecular complexity index is 561. The summed E-state index contributed by atoms with van der Waals surface area (Å²) in [5.74, 6) is 0.720. The number of nitrogens with one attached hydrogen (secondary N) is 1. The fourth-order valence-corrected chi connectivity index (χ4v) is 1.58. The number of nitriles is 1. The van der Waals surface area contributed by atoms with Gasteiger partial charge in [0.25, 0.3) is 0 Å². The van der Waals surface area contributed by atoms with Crippen LogP contribution in [0.3, 0.4) is 0 Å². The van der Waals surface area contributed by atoms with Crippen molar-refractivity contribution in [3.8, 4) is 11.8 Å². The Morgan fingerprint density at radius 2 is 2.22 bits per heavy atom. The van der Waals surface area contributed by atoms with Crippen molar-refractivity contribution in [3.05, 3.63) is 53.9 Å². The van der Waals surface area contributed by atoms with Crippen LogP contribution < -0.4 is 10.1 Å². The van der Waals surface area contributed by atoms with Crippen LogP contribution in [0.15, 0.2) is 42.6 Å². The van der Waals surface area contributed by atoms with Crippen LogP contribution in [-0.2, 0) is 6.54 Å². The molecule has 1 heterocycles. The van der Waals surface area contributed by atoms with Crippen molar-refractivity contribution in [2.24, 2.45) is 0 Å². The van der Waals surface area contributed by atoms with E-state index >= 15 is 0 Å². The Labute approximate surface area is 106 Å². The number of aromatic nitrogens is 1. The lowest BCUT2D eigenvalue weighted by Gasteiger charge is -2.09. The SMILES string of the molecule is COc1ccc(C#N)c(NCc2ccccn2)c1. The van der Waals surface area contributed by atoms with E-state index in [0.29, 0.717) is 12.1 Å². The zero-order valence-electron chi connectivity index (χ0n) is 10.1. The summed E-state index contributed by atoms with van der Waals surface area (Å²) in [5, 5.41) is 12.2. The summed E-state index contributed by atoms with van der Waals surface area (Å²) in [6.45, 7) is 0.572. The molecule has 90 valence electrons. The first-order valence-corrected chi connectivity index (χ1v) is 5.55. The number of anilines is 1. The number of rotatable bonds is 4. The van der Waals surface area contributed by atoms with E-state index in [2.05, 4.69) is 16.4 Å². The number of hydrogen-bond donors (Lipinski definition) is 1. The fourth-order valence-electron chi connectivity index (χ4n) is 1.58. The molecule has 0 spiro atoms. The molecule has 2 rings (SSSR count). The number of pyridine rings is 1. The number of hydrogen-bond acceptors (Lipinski definition) is 4.